The molecule has 0 aliphatic carbocycles. The van der Waals surface area contributed by atoms with E-state index in [0.29, 0.717) is 0 Å². The minimum absolute atomic E-state index is 0.0126. The molecule has 2 nitrogen and oxygen atoms in total. The van der Waals surface area contributed by atoms with Crippen molar-refractivity contribution in [2.45, 2.75) is 151 Å². The Morgan fingerprint density at radius 3 is 0.800 bits per heavy atom. The van der Waals surface area contributed by atoms with E-state index in [0.717, 1.165) is 11.5 Å². The van der Waals surface area contributed by atoms with Crippen molar-refractivity contribution < 1.29 is 8.85 Å². The predicted molar refractivity (Wildman–Crippen MR) is 188 cm³/mol. The van der Waals surface area contributed by atoms with Crippen molar-refractivity contribution >= 4 is 35.8 Å². The molecule has 5 heteroatoms. The smallest absolute Gasteiger partial charge is 0.242 e. The second-order valence-corrected chi connectivity index (χ2v) is 29.7. The van der Waals surface area contributed by atoms with Gasteiger partial charge in [-0.05, 0) is 83.2 Å². The van der Waals surface area contributed by atoms with Gasteiger partial charge in [0.05, 0.1) is 8.80 Å². The molecule has 2 aromatic rings. The molecule has 2 rings (SSSR count). The summed E-state index contributed by atoms with van der Waals surface area (Å²) in [5.74, 6) is 2.27. The first-order valence-corrected chi connectivity index (χ1v) is 24.4. The lowest BCUT2D eigenvalue weighted by molar-refractivity contribution is 0.477. The molecule has 0 amide bonds. The standard InChI is InChI=1S/C35H62O2Si3/c1-32(2,3)26-20-24(21-27(33(4,5)6)30(26)36-39(14,15)16)38(13)25-22-28(34(7,8)9)31(37-40(17,18)19)29(23-25)35(10,11)12/h20-23,38H,1-19H3. The Balaban J connectivity index is 2.98. The fourth-order valence-corrected chi connectivity index (χ4v) is 8.77. The summed E-state index contributed by atoms with van der Waals surface area (Å²) in [4.78, 5) is 0. The number of benzene rings is 2. The number of rotatable bonds is 6. The Bertz CT molecular complexity index is 1040. The van der Waals surface area contributed by atoms with Gasteiger partial charge >= 0.3 is 0 Å². The molecule has 0 aliphatic rings. The molecule has 0 bridgehead atoms. The molecule has 0 aliphatic heterocycles. The van der Waals surface area contributed by atoms with E-state index in [-0.39, 0.29) is 21.7 Å². The maximum absolute atomic E-state index is 6.89. The average Bonchev–Trinajstić information content (AvgIpc) is 2.67. The van der Waals surface area contributed by atoms with E-state index in [4.69, 9.17) is 8.85 Å². The van der Waals surface area contributed by atoms with Gasteiger partial charge in [-0.25, -0.2) is 0 Å². The normalized spacial score (nSPS) is 14.1. The van der Waals surface area contributed by atoms with Gasteiger partial charge in [-0.2, -0.15) is 0 Å². The van der Waals surface area contributed by atoms with E-state index < -0.39 is 25.4 Å². The Hall–Kier alpha value is -1.31. The van der Waals surface area contributed by atoms with Crippen molar-refractivity contribution in [1.82, 2.24) is 0 Å². The molecule has 0 saturated carbocycles. The molecule has 0 spiro atoms. The van der Waals surface area contributed by atoms with Gasteiger partial charge in [0.15, 0.2) is 0 Å². The topological polar surface area (TPSA) is 18.5 Å². The lowest BCUT2D eigenvalue weighted by Gasteiger charge is -2.36. The van der Waals surface area contributed by atoms with Crippen molar-refractivity contribution in [3.05, 3.63) is 46.5 Å². The maximum Gasteiger partial charge on any atom is 0.242 e. The number of hydrogen-bond donors (Lipinski definition) is 0. The van der Waals surface area contributed by atoms with Crippen molar-refractivity contribution in [3.63, 3.8) is 0 Å². The van der Waals surface area contributed by atoms with Crippen LogP contribution in [0.5, 0.6) is 11.5 Å². The van der Waals surface area contributed by atoms with Gasteiger partial charge in [-0.3, -0.25) is 0 Å². The average molecular weight is 599 g/mol. The maximum atomic E-state index is 6.89. The van der Waals surface area contributed by atoms with Gasteiger partial charge in [0.2, 0.25) is 16.6 Å². The van der Waals surface area contributed by atoms with Gasteiger partial charge in [0.1, 0.15) is 11.5 Å². The molecule has 0 heterocycles. The summed E-state index contributed by atoms with van der Waals surface area (Å²) < 4.78 is 13.8. The first-order valence-electron chi connectivity index (χ1n) is 15.3. The lowest BCUT2D eigenvalue weighted by atomic mass is 9.79. The van der Waals surface area contributed by atoms with Crippen molar-refractivity contribution in [2.24, 2.45) is 0 Å². The molecule has 40 heavy (non-hydrogen) atoms. The van der Waals surface area contributed by atoms with E-state index in [1.165, 1.54) is 32.6 Å². The second-order valence-electron chi connectivity index (χ2n) is 18.0. The zero-order valence-electron chi connectivity index (χ0n) is 29.7. The van der Waals surface area contributed by atoms with E-state index in [2.05, 4.69) is 153 Å². The highest BCUT2D eigenvalue weighted by molar-refractivity contribution is 6.84. The third kappa shape index (κ3) is 8.85. The Morgan fingerprint density at radius 1 is 0.450 bits per heavy atom. The lowest BCUT2D eigenvalue weighted by Crippen LogP contribution is -2.43. The van der Waals surface area contributed by atoms with Crippen LogP contribution in [-0.2, 0) is 21.7 Å². The van der Waals surface area contributed by atoms with Crippen LogP contribution in [0.2, 0.25) is 45.8 Å². The highest BCUT2D eigenvalue weighted by Crippen LogP contribution is 2.42. The van der Waals surface area contributed by atoms with Gasteiger partial charge in [0, 0.05) is 0 Å². The fraction of sp³-hybridized carbons (Fsp3) is 0.657. The highest BCUT2D eigenvalue weighted by atomic mass is 28.4. The summed E-state index contributed by atoms with van der Waals surface area (Å²) in [5, 5.41) is 2.99. The SMILES string of the molecule is C[SiH](c1cc(C(C)(C)C)c(O[Si](C)(C)C)c(C(C)(C)C)c1)c1cc(C(C)(C)C)c(O[Si](C)(C)C)c(C(C)(C)C)c1. The Morgan fingerprint density at radius 2 is 0.650 bits per heavy atom. The van der Waals surface area contributed by atoms with Crippen molar-refractivity contribution in [2.75, 3.05) is 0 Å². The van der Waals surface area contributed by atoms with Crippen molar-refractivity contribution in [1.29, 1.82) is 0 Å². The quantitative estimate of drug-likeness (QED) is 0.309. The van der Waals surface area contributed by atoms with Crippen LogP contribution < -0.4 is 19.2 Å². The van der Waals surface area contributed by atoms with E-state index in [1.54, 1.807) is 0 Å². The van der Waals surface area contributed by atoms with Gasteiger partial charge < -0.3 is 8.85 Å². The molecule has 0 radical (unpaired) electrons. The van der Waals surface area contributed by atoms with Crippen LogP contribution in [0.15, 0.2) is 24.3 Å². The van der Waals surface area contributed by atoms with Crippen LogP contribution in [0, 0.1) is 0 Å². The Kier molecular flexibility index (Phi) is 9.66. The van der Waals surface area contributed by atoms with E-state index in [1.807, 2.05) is 0 Å². The minimum Gasteiger partial charge on any atom is -0.544 e. The second kappa shape index (κ2) is 11.1. The summed E-state index contributed by atoms with van der Waals surface area (Å²) in [5.41, 5.74) is 5.35. The first kappa shape index (κ1) is 34.9. The zero-order chi connectivity index (χ0) is 31.4. The largest absolute Gasteiger partial charge is 0.544 e. The molecule has 2 aromatic carbocycles. The molecule has 0 unspecified atom stereocenters. The molecule has 0 atom stereocenters. The van der Waals surface area contributed by atoms with Crippen LogP contribution in [0.4, 0.5) is 0 Å². The molecule has 0 N–H and O–H groups in total. The van der Waals surface area contributed by atoms with Crippen LogP contribution in [0.25, 0.3) is 0 Å². The van der Waals surface area contributed by atoms with Crippen LogP contribution in [0.1, 0.15) is 105 Å². The monoisotopic (exact) mass is 598 g/mol. The molecular formula is C35H62O2Si3. The van der Waals surface area contributed by atoms with E-state index >= 15 is 0 Å². The third-order valence-electron chi connectivity index (χ3n) is 7.27. The third-order valence-corrected chi connectivity index (χ3v) is 11.6. The van der Waals surface area contributed by atoms with Crippen LogP contribution in [0.3, 0.4) is 0 Å². The molecule has 0 aromatic heterocycles. The van der Waals surface area contributed by atoms with Gasteiger partial charge in [-0.1, -0.05) is 124 Å². The molecular weight excluding hydrogens is 537 g/mol. The van der Waals surface area contributed by atoms with Crippen LogP contribution in [-0.4, -0.2) is 25.4 Å². The summed E-state index contributed by atoms with van der Waals surface area (Å²) in [6, 6.07) is 10.0. The molecule has 0 saturated heterocycles. The highest BCUT2D eigenvalue weighted by Gasteiger charge is 2.34. The predicted octanol–water partition coefficient (Wildman–Crippen LogP) is 9.28. The summed E-state index contributed by atoms with van der Waals surface area (Å²) in [6.45, 7) is 44.3. The number of hydrogen-bond acceptors (Lipinski definition) is 2. The van der Waals surface area contributed by atoms with Gasteiger partial charge in [0.25, 0.3) is 0 Å². The fourth-order valence-electron chi connectivity index (χ4n) is 5.06. The zero-order valence-corrected chi connectivity index (χ0v) is 32.9. The molecule has 0 fully saturated rings. The minimum atomic E-state index is -1.81. The molecule has 226 valence electrons. The summed E-state index contributed by atoms with van der Waals surface area (Å²) >= 11 is 0. The Labute approximate surface area is 252 Å². The van der Waals surface area contributed by atoms with Crippen molar-refractivity contribution in [3.8, 4) is 11.5 Å². The van der Waals surface area contributed by atoms with Gasteiger partial charge in [-0.15, -0.1) is 0 Å². The first-order chi connectivity index (χ1) is 17.5. The van der Waals surface area contributed by atoms with E-state index in [9.17, 15) is 0 Å². The van der Waals surface area contributed by atoms with Crippen LogP contribution >= 0.6 is 0 Å². The summed E-state index contributed by atoms with van der Waals surface area (Å²) in [7, 11) is -5.17. The summed E-state index contributed by atoms with van der Waals surface area (Å²) in [6.07, 6.45) is 0.